The molecule has 0 spiro atoms. The van der Waals surface area contributed by atoms with Crippen LogP contribution in [-0.2, 0) is 14.3 Å². The molecule has 3 fully saturated rings. The number of hydrazone groups is 1. The van der Waals surface area contributed by atoms with Gasteiger partial charge in [0.05, 0.1) is 59.3 Å². The van der Waals surface area contributed by atoms with Crippen molar-refractivity contribution >= 4 is 39.7 Å². The lowest BCUT2D eigenvalue weighted by atomic mass is 9.70. The minimum absolute atomic E-state index is 0.239. The van der Waals surface area contributed by atoms with Crippen LogP contribution in [0.1, 0.15) is 10.6 Å². The SMILES string of the molecule is Cc1cnc(N2C(=O)[C@@H]3[C@@H]4O[C@@H]([C@H]5C(c6cnn(-c7ccccc7)n6)=NN(c6ccccc6)[C@@H]45)[C@@H]3C2=O)s1. The summed E-state index contributed by atoms with van der Waals surface area (Å²) in [6, 6.07) is 19.3. The third-order valence-corrected chi connectivity index (χ3v) is 8.75. The van der Waals surface area contributed by atoms with Crippen LogP contribution in [0.2, 0.25) is 0 Å². The van der Waals surface area contributed by atoms with Gasteiger partial charge in [0.25, 0.3) is 0 Å². The van der Waals surface area contributed by atoms with Gasteiger partial charge in [0.2, 0.25) is 11.8 Å². The molecule has 38 heavy (non-hydrogen) atoms. The van der Waals surface area contributed by atoms with Gasteiger partial charge >= 0.3 is 0 Å². The highest BCUT2D eigenvalue weighted by Crippen LogP contribution is 2.56. The molecule has 188 valence electrons. The summed E-state index contributed by atoms with van der Waals surface area (Å²) in [7, 11) is 0. The average Bonchev–Trinajstić information content (AvgIpc) is 3.77. The number of anilines is 2. The third kappa shape index (κ3) is 2.91. The quantitative estimate of drug-likeness (QED) is 0.379. The van der Waals surface area contributed by atoms with Crippen LogP contribution in [0.15, 0.2) is 78.2 Å². The first-order valence-electron chi connectivity index (χ1n) is 12.5. The second-order valence-electron chi connectivity index (χ2n) is 9.92. The molecule has 2 aromatic heterocycles. The van der Waals surface area contributed by atoms with E-state index in [4.69, 9.17) is 14.9 Å². The maximum Gasteiger partial charge on any atom is 0.242 e. The lowest BCUT2D eigenvalue weighted by molar-refractivity contribution is -0.125. The number of carbonyl (C=O) groups is 2. The summed E-state index contributed by atoms with van der Waals surface area (Å²) >= 11 is 1.35. The lowest BCUT2D eigenvalue weighted by Crippen LogP contribution is -2.50. The number of benzene rings is 2. The second kappa shape index (κ2) is 7.89. The highest BCUT2D eigenvalue weighted by atomic mass is 32.1. The van der Waals surface area contributed by atoms with Crippen LogP contribution in [0, 0.1) is 24.7 Å². The maximum atomic E-state index is 13.7. The molecule has 3 saturated heterocycles. The van der Waals surface area contributed by atoms with Crippen molar-refractivity contribution in [2.45, 2.75) is 25.2 Å². The van der Waals surface area contributed by atoms with E-state index in [0.29, 0.717) is 10.8 Å². The summed E-state index contributed by atoms with van der Waals surface area (Å²) in [5.74, 6) is -1.87. The lowest BCUT2D eigenvalue weighted by Gasteiger charge is -2.32. The number of fused-ring (bicyclic) bond motifs is 8. The van der Waals surface area contributed by atoms with Gasteiger partial charge in [0, 0.05) is 11.1 Å². The molecule has 0 aliphatic carbocycles. The van der Waals surface area contributed by atoms with Gasteiger partial charge in [0.15, 0.2) is 5.13 Å². The van der Waals surface area contributed by atoms with Crippen LogP contribution in [0.5, 0.6) is 0 Å². The van der Waals surface area contributed by atoms with E-state index in [-0.39, 0.29) is 23.8 Å². The zero-order valence-electron chi connectivity index (χ0n) is 20.2. The number of thiazole rings is 1. The number of amides is 2. The molecule has 0 N–H and O–H groups in total. The molecule has 2 bridgehead atoms. The fourth-order valence-electron chi connectivity index (χ4n) is 6.35. The van der Waals surface area contributed by atoms with Crippen molar-refractivity contribution < 1.29 is 14.3 Å². The summed E-state index contributed by atoms with van der Waals surface area (Å²) in [6.45, 7) is 1.91. The number of para-hydroxylation sites is 2. The standard InChI is InChI=1S/C27H21N7O3S/c1-14-12-28-27(38-14)32-25(35)18-19(26(32)36)24-22-20(23(18)37-24)21(31-33(22)15-8-4-2-5-9-15)17-13-29-34(30-17)16-10-6-3-7-11-16/h2-13,18-20,22-24H,1H3/t18-,19+,20+,22-,23-,24+/m1/s1. The fourth-order valence-corrected chi connectivity index (χ4v) is 7.12. The molecular formula is C27H21N7O3S. The van der Waals surface area contributed by atoms with Gasteiger partial charge in [-0.2, -0.15) is 15.0 Å². The van der Waals surface area contributed by atoms with Gasteiger partial charge in [-0.1, -0.05) is 36.4 Å². The smallest absolute Gasteiger partial charge is 0.242 e. The molecule has 0 radical (unpaired) electrons. The number of imide groups is 1. The van der Waals surface area contributed by atoms with Gasteiger partial charge in [-0.3, -0.25) is 14.6 Å². The summed E-state index contributed by atoms with van der Waals surface area (Å²) in [4.78, 5) is 35.4. The van der Waals surface area contributed by atoms with Crippen LogP contribution in [0.4, 0.5) is 10.8 Å². The Kier molecular flexibility index (Phi) is 4.53. The summed E-state index contributed by atoms with van der Waals surface area (Å²) in [6.07, 6.45) is 2.41. The van der Waals surface area contributed by atoms with E-state index >= 15 is 0 Å². The van der Waals surface area contributed by atoms with Crippen molar-refractivity contribution in [3.63, 3.8) is 0 Å². The first-order valence-corrected chi connectivity index (χ1v) is 13.3. The molecule has 6 heterocycles. The Hall–Kier alpha value is -4.22. The Bertz CT molecular complexity index is 1620. The van der Waals surface area contributed by atoms with E-state index in [1.807, 2.05) is 72.6 Å². The third-order valence-electron chi connectivity index (χ3n) is 7.85. The van der Waals surface area contributed by atoms with Gasteiger partial charge in [0.1, 0.15) is 5.69 Å². The molecule has 4 aliphatic heterocycles. The highest BCUT2D eigenvalue weighted by molar-refractivity contribution is 7.16. The van der Waals surface area contributed by atoms with Crippen molar-refractivity contribution in [2.75, 3.05) is 9.91 Å². The largest absolute Gasteiger partial charge is 0.370 e. The summed E-state index contributed by atoms with van der Waals surface area (Å²) in [5.41, 5.74) is 3.07. The van der Waals surface area contributed by atoms with Crippen LogP contribution in [0.25, 0.3) is 5.69 Å². The zero-order valence-corrected chi connectivity index (χ0v) is 21.0. The average molecular weight is 524 g/mol. The first-order chi connectivity index (χ1) is 18.6. The molecule has 2 aromatic carbocycles. The van der Waals surface area contributed by atoms with E-state index in [2.05, 4.69) is 10.1 Å². The summed E-state index contributed by atoms with van der Waals surface area (Å²) in [5, 5.41) is 16.6. The molecule has 8 rings (SSSR count). The Morgan fingerprint density at radius 1 is 0.842 bits per heavy atom. The van der Waals surface area contributed by atoms with E-state index in [0.717, 1.165) is 22.0 Å². The number of hydrogen-bond acceptors (Lipinski definition) is 9. The Morgan fingerprint density at radius 3 is 2.21 bits per heavy atom. The van der Waals surface area contributed by atoms with Crippen LogP contribution in [0.3, 0.4) is 0 Å². The van der Waals surface area contributed by atoms with Gasteiger partial charge < -0.3 is 4.74 Å². The predicted molar refractivity (Wildman–Crippen MR) is 139 cm³/mol. The maximum absolute atomic E-state index is 13.7. The van der Waals surface area contributed by atoms with Crippen molar-refractivity contribution in [2.24, 2.45) is 22.9 Å². The highest BCUT2D eigenvalue weighted by Gasteiger charge is 2.72. The van der Waals surface area contributed by atoms with Gasteiger partial charge in [-0.05, 0) is 31.2 Å². The molecule has 4 aromatic rings. The van der Waals surface area contributed by atoms with Gasteiger partial charge in [-0.15, -0.1) is 16.4 Å². The monoisotopic (exact) mass is 523 g/mol. The van der Waals surface area contributed by atoms with Crippen molar-refractivity contribution in [3.8, 4) is 5.69 Å². The fraction of sp³-hybridized carbons (Fsp3) is 0.259. The molecule has 11 heteroatoms. The summed E-state index contributed by atoms with van der Waals surface area (Å²) < 4.78 is 6.47. The molecule has 0 saturated carbocycles. The number of rotatable bonds is 4. The van der Waals surface area contributed by atoms with Crippen molar-refractivity contribution in [1.82, 2.24) is 20.0 Å². The van der Waals surface area contributed by atoms with Crippen molar-refractivity contribution in [3.05, 3.63) is 83.6 Å². The number of aromatic nitrogens is 4. The number of aryl methyl sites for hydroxylation is 1. The zero-order chi connectivity index (χ0) is 25.5. The minimum Gasteiger partial charge on any atom is -0.370 e. The Balaban J connectivity index is 1.21. The number of ether oxygens (including phenoxy) is 1. The molecule has 4 aliphatic rings. The minimum atomic E-state index is -0.581. The van der Waals surface area contributed by atoms with E-state index < -0.39 is 24.0 Å². The first kappa shape index (κ1) is 21.8. The molecule has 2 amide bonds. The molecular weight excluding hydrogens is 502 g/mol. The second-order valence-corrected chi connectivity index (χ2v) is 11.1. The van der Waals surface area contributed by atoms with Crippen molar-refractivity contribution in [1.29, 1.82) is 0 Å². The van der Waals surface area contributed by atoms with E-state index in [9.17, 15) is 9.59 Å². The van der Waals surface area contributed by atoms with E-state index in [1.165, 1.54) is 16.2 Å². The predicted octanol–water partition coefficient (Wildman–Crippen LogP) is 2.83. The molecule has 6 atom stereocenters. The van der Waals surface area contributed by atoms with E-state index in [1.54, 1.807) is 17.2 Å². The number of hydrogen-bond donors (Lipinski definition) is 0. The molecule has 10 nitrogen and oxygen atoms in total. The molecule has 0 unspecified atom stereocenters. The number of carbonyl (C=O) groups excluding carboxylic acids is 2. The van der Waals surface area contributed by atoms with Crippen LogP contribution < -0.4 is 9.91 Å². The van der Waals surface area contributed by atoms with Crippen LogP contribution in [-0.4, -0.2) is 55.8 Å². The Morgan fingerprint density at radius 2 is 1.53 bits per heavy atom. The normalized spacial score (nSPS) is 29.2. The van der Waals surface area contributed by atoms with Gasteiger partial charge in [-0.25, -0.2) is 9.88 Å². The topological polar surface area (TPSA) is 106 Å². The number of nitrogens with zero attached hydrogens (tertiary/aromatic N) is 7. The van der Waals surface area contributed by atoms with Crippen LogP contribution >= 0.6 is 11.3 Å². The Labute approximate surface area is 221 Å².